The smallest absolute Gasteiger partial charge is 0.241 e. The van der Waals surface area contributed by atoms with Crippen LogP contribution in [-0.4, -0.2) is 29.4 Å². The molecule has 0 spiro atoms. The van der Waals surface area contributed by atoms with E-state index >= 15 is 0 Å². The van der Waals surface area contributed by atoms with Crippen LogP contribution in [0.4, 0.5) is 15.8 Å². The van der Waals surface area contributed by atoms with Crippen molar-refractivity contribution in [1.82, 2.24) is 4.90 Å². The summed E-state index contributed by atoms with van der Waals surface area (Å²) in [4.78, 5) is 14.6. The quantitative estimate of drug-likeness (QED) is 0.843. The van der Waals surface area contributed by atoms with Crippen molar-refractivity contribution in [2.75, 3.05) is 17.6 Å². The van der Waals surface area contributed by atoms with Crippen LogP contribution in [-0.2, 0) is 4.79 Å². The van der Waals surface area contributed by atoms with Crippen LogP contribution in [0.1, 0.15) is 33.6 Å². The summed E-state index contributed by atoms with van der Waals surface area (Å²) in [7, 11) is 0. The van der Waals surface area contributed by atoms with Gasteiger partial charge in [-0.1, -0.05) is 6.92 Å². The highest BCUT2D eigenvalue weighted by Gasteiger charge is 2.30. The van der Waals surface area contributed by atoms with E-state index in [1.165, 1.54) is 18.2 Å². The average Bonchev–Trinajstić information content (AvgIpc) is 2.42. The standard InChI is InChI=1S/C16H24FN3O/c1-10-6-7-20(11(2)8-10)12(3)16(21)19-13-4-5-14(17)15(18)9-13/h4-5,9-12H,6-8,18H2,1-3H3,(H,19,21). The van der Waals surface area contributed by atoms with Crippen LogP contribution in [0.3, 0.4) is 0 Å². The van der Waals surface area contributed by atoms with E-state index in [-0.39, 0.29) is 17.6 Å². The Morgan fingerprint density at radius 1 is 1.48 bits per heavy atom. The van der Waals surface area contributed by atoms with Gasteiger partial charge in [-0.15, -0.1) is 0 Å². The summed E-state index contributed by atoms with van der Waals surface area (Å²) in [5.41, 5.74) is 6.09. The number of nitrogens with one attached hydrogen (secondary N) is 1. The van der Waals surface area contributed by atoms with Crippen molar-refractivity contribution in [2.24, 2.45) is 5.92 Å². The van der Waals surface area contributed by atoms with Gasteiger partial charge >= 0.3 is 0 Å². The van der Waals surface area contributed by atoms with E-state index in [2.05, 4.69) is 24.1 Å². The number of amides is 1. The Morgan fingerprint density at radius 2 is 2.19 bits per heavy atom. The first kappa shape index (κ1) is 15.8. The van der Waals surface area contributed by atoms with Crippen LogP contribution in [0.5, 0.6) is 0 Å². The van der Waals surface area contributed by atoms with Crippen molar-refractivity contribution in [3.8, 4) is 0 Å². The fraction of sp³-hybridized carbons (Fsp3) is 0.562. The molecule has 1 saturated heterocycles. The predicted molar refractivity (Wildman–Crippen MR) is 83.5 cm³/mol. The zero-order chi connectivity index (χ0) is 15.6. The molecule has 1 fully saturated rings. The Kier molecular flexibility index (Phi) is 4.83. The Labute approximate surface area is 125 Å². The van der Waals surface area contributed by atoms with Gasteiger partial charge in [0, 0.05) is 11.7 Å². The van der Waals surface area contributed by atoms with E-state index < -0.39 is 5.82 Å². The molecule has 3 atom stereocenters. The van der Waals surface area contributed by atoms with Crippen molar-refractivity contribution >= 4 is 17.3 Å². The van der Waals surface area contributed by atoms with Crippen molar-refractivity contribution < 1.29 is 9.18 Å². The maximum atomic E-state index is 13.1. The van der Waals surface area contributed by atoms with Gasteiger partial charge in [-0.2, -0.15) is 0 Å². The number of rotatable bonds is 3. The molecule has 2 rings (SSSR count). The zero-order valence-electron chi connectivity index (χ0n) is 12.9. The van der Waals surface area contributed by atoms with Crippen molar-refractivity contribution in [3.05, 3.63) is 24.0 Å². The van der Waals surface area contributed by atoms with E-state index in [1.54, 1.807) is 0 Å². The Bertz CT molecular complexity index is 520. The third kappa shape index (κ3) is 3.73. The van der Waals surface area contributed by atoms with Crippen molar-refractivity contribution in [3.63, 3.8) is 0 Å². The molecule has 4 nitrogen and oxygen atoms in total. The highest BCUT2D eigenvalue weighted by Crippen LogP contribution is 2.24. The number of hydrogen-bond acceptors (Lipinski definition) is 3. The van der Waals surface area contributed by atoms with Crippen molar-refractivity contribution in [1.29, 1.82) is 0 Å². The highest BCUT2D eigenvalue weighted by molar-refractivity contribution is 5.94. The molecular formula is C16H24FN3O. The summed E-state index contributed by atoms with van der Waals surface area (Å²) < 4.78 is 13.1. The lowest BCUT2D eigenvalue weighted by Gasteiger charge is -2.39. The summed E-state index contributed by atoms with van der Waals surface area (Å²) in [5, 5.41) is 2.81. The van der Waals surface area contributed by atoms with E-state index in [0.717, 1.165) is 19.4 Å². The SMILES string of the molecule is CC1CCN(C(C)C(=O)Nc2ccc(F)c(N)c2)C(C)C1. The molecule has 116 valence electrons. The monoisotopic (exact) mass is 293 g/mol. The minimum absolute atomic E-state index is 0.0422. The molecule has 0 bridgehead atoms. The summed E-state index contributed by atoms with van der Waals surface area (Å²) in [6.45, 7) is 7.26. The Balaban J connectivity index is 2.00. The van der Waals surface area contributed by atoms with Gasteiger partial charge in [0.25, 0.3) is 0 Å². The molecule has 1 aliphatic heterocycles. The Morgan fingerprint density at radius 3 is 2.81 bits per heavy atom. The molecule has 1 aromatic rings. The molecule has 1 aliphatic rings. The number of nitrogens with two attached hydrogens (primary N) is 1. The summed E-state index contributed by atoms with van der Waals surface area (Å²) in [6, 6.07) is 4.42. The average molecular weight is 293 g/mol. The van der Waals surface area contributed by atoms with Crippen LogP contribution in [0, 0.1) is 11.7 Å². The number of likely N-dealkylation sites (tertiary alicyclic amines) is 1. The number of anilines is 2. The number of benzene rings is 1. The molecule has 0 radical (unpaired) electrons. The number of piperidine rings is 1. The second-order valence-electron chi connectivity index (χ2n) is 6.12. The molecule has 1 amide bonds. The molecule has 5 heteroatoms. The molecule has 21 heavy (non-hydrogen) atoms. The Hall–Kier alpha value is -1.62. The molecule has 3 unspecified atom stereocenters. The number of nitrogens with zero attached hydrogens (tertiary/aromatic N) is 1. The van der Waals surface area contributed by atoms with Crippen LogP contribution < -0.4 is 11.1 Å². The molecular weight excluding hydrogens is 269 g/mol. The van der Waals surface area contributed by atoms with Crippen LogP contribution in [0.2, 0.25) is 0 Å². The van der Waals surface area contributed by atoms with Gasteiger partial charge in [0.1, 0.15) is 5.82 Å². The van der Waals surface area contributed by atoms with Crippen LogP contribution in [0.25, 0.3) is 0 Å². The minimum atomic E-state index is -0.473. The topological polar surface area (TPSA) is 58.4 Å². The predicted octanol–water partition coefficient (Wildman–Crippen LogP) is 2.86. The fourth-order valence-corrected chi connectivity index (χ4v) is 3.02. The van der Waals surface area contributed by atoms with Gasteiger partial charge in [0.15, 0.2) is 0 Å². The van der Waals surface area contributed by atoms with Gasteiger partial charge in [0.05, 0.1) is 11.7 Å². The first-order valence-electron chi connectivity index (χ1n) is 7.50. The lowest BCUT2D eigenvalue weighted by Crippen LogP contribution is -2.50. The van der Waals surface area contributed by atoms with Gasteiger partial charge in [-0.05, 0) is 57.4 Å². The van der Waals surface area contributed by atoms with E-state index in [1.807, 2.05) is 6.92 Å². The largest absolute Gasteiger partial charge is 0.396 e. The minimum Gasteiger partial charge on any atom is -0.396 e. The summed E-state index contributed by atoms with van der Waals surface area (Å²) >= 11 is 0. The molecule has 3 N–H and O–H groups in total. The number of hydrogen-bond donors (Lipinski definition) is 2. The van der Waals surface area contributed by atoms with Gasteiger partial charge in [-0.25, -0.2) is 4.39 Å². The van der Waals surface area contributed by atoms with E-state index in [9.17, 15) is 9.18 Å². The lowest BCUT2D eigenvalue weighted by molar-refractivity contribution is -0.122. The lowest BCUT2D eigenvalue weighted by atomic mass is 9.92. The third-order valence-electron chi connectivity index (χ3n) is 4.33. The number of halogens is 1. The van der Waals surface area contributed by atoms with Gasteiger partial charge < -0.3 is 11.1 Å². The van der Waals surface area contributed by atoms with E-state index in [0.29, 0.717) is 17.6 Å². The molecule has 1 heterocycles. The maximum Gasteiger partial charge on any atom is 0.241 e. The molecule has 0 saturated carbocycles. The summed E-state index contributed by atoms with van der Waals surface area (Å²) in [6.07, 6.45) is 2.23. The maximum absolute atomic E-state index is 13.1. The van der Waals surface area contributed by atoms with E-state index in [4.69, 9.17) is 5.73 Å². The van der Waals surface area contributed by atoms with Crippen molar-refractivity contribution in [2.45, 2.75) is 45.7 Å². The van der Waals surface area contributed by atoms with Crippen LogP contribution in [0.15, 0.2) is 18.2 Å². The molecule has 1 aromatic carbocycles. The fourth-order valence-electron chi connectivity index (χ4n) is 3.02. The number of carbonyl (C=O) groups is 1. The first-order chi connectivity index (χ1) is 9.88. The molecule has 0 aliphatic carbocycles. The normalized spacial score (nSPS) is 24.6. The highest BCUT2D eigenvalue weighted by atomic mass is 19.1. The van der Waals surface area contributed by atoms with Crippen LogP contribution >= 0.6 is 0 Å². The number of carbonyl (C=O) groups excluding carboxylic acids is 1. The summed E-state index contributed by atoms with van der Waals surface area (Å²) in [5.74, 6) is 0.158. The molecule has 0 aromatic heterocycles. The van der Waals surface area contributed by atoms with Gasteiger partial charge in [-0.3, -0.25) is 9.69 Å². The first-order valence-corrected chi connectivity index (χ1v) is 7.50. The zero-order valence-corrected chi connectivity index (χ0v) is 12.9. The van der Waals surface area contributed by atoms with Gasteiger partial charge in [0.2, 0.25) is 5.91 Å². The third-order valence-corrected chi connectivity index (χ3v) is 4.33. The number of nitrogen functional groups attached to an aromatic ring is 1. The second kappa shape index (κ2) is 6.43. The second-order valence-corrected chi connectivity index (χ2v) is 6.12.